The summed E-state index contributed by atoms with van der Waals surface area (Å²) in [6.07, 6.45) is 1.79. The quantitative estimate of drug-likeness (QED) is 0.652. The molecular formula is C11H12O2. The molecule has 68 valence electrons. The molecule has 2 nitrogen and oxygen atoms in total. The zero-order valence-electron chi connectivity index (χ0n) is 7.62. The number of ketones is 1. The topological polar surface area (TPSA) is 34.1 Å². The number of hydrogen-bond acceptors (Lipinski definition) is 2. The molecule has 2 heteroatoms. The van der Waals surface area contributed by atoms with Crippen molar-refractivity contribution >= 4 is 12.1 Å². The van der Waals surface area contributed by atoms with Gasteiger partial charge in [-0.25, -0.2) is 0 Å². The first-order chi connectivity index (χ1) is 6.22. The molecule has 0 aliphatic heterocycles. The molecule has 0 bridgehead atoms. The molecule has 0 amide bonds. The number of benzene rings is 1. The van der Waals surface area contributed by atoms with Crippen LogP contribution >= 0.6 is 0 Å². The van der Waals surface area contributed by atoms with Gasteiger partial charge in [-0.05, 0) is 18.1 Å². The van der Waals surface area contributed by atoms with Crippen molar-refractivity contribution in [3.8, 4) is 0 Å². The summed E-state index contributed by atoms with van der Waals surface area (Å²) in [5.41, 5.74) is 1.99. The SMILES string of the molecule is CC(=O)Cc1ccc(CC=O)cc1. The molecule has 0 spiro atoms. The monoisotopic (exact) mass is 176 g/mol. The van der Waals surface area contributed by atoms with Crippen LogP contribution in [-0.2, 0) is 22.4 Å². The lowest BCUT2D eigenvalue weighted by Gasteiger charge is -1.98. The van der Waals surface area contributed by atoms with Crippen LogP contribution in [0.25, 0.3) is 0 Å². The summed E-state index contributed by atoms with van der Waals surface area (Å²) in [4.78, 5) is 21.0. The molecule has 1 rings (SSSR count). The molecule has 0 saturated carbocycles. The molecule has 1 aromatic carbocycles. The summed E-state index contributed by atoms with van der Waals surface area (Å²) in [5.74, 6) is 0.156. The molecular weight excluding hydrogens is 164 g/mol. The fourth-order valence-corrected chi connectivity index (χ4v) is 1.18. The lowest BCUT2D eigenvalue weighted by molar-refractivity contribution is -0.116. The van der Waals surface area contributed by atoms with Crippen molar-refractivity contribution < 1.29 is 9.59 Å². The Morgan fingerprint density at radius 1 is 1.23 bits per heavy atom. The van der Waals surface area contributed by atoms with Crippen LogP contribution in [0.1, 0.15) is 18.1 Å². The first-order valence-corrected chi connectivity index (χ1v) is 4.23. The van der Waals surface area contributed by atoms with Crippen LogP contribution < -0.4 is 0 Å². The van der Waals surface area contributed by atoms with Crippen LogP contribution in [0.15, 0.2) is 24.3 Å². The number of Topliss-reactive ketones (excluding diaryl/α,β-unsaturated/α-hetero) is 1. The third-order valence-corrected chi connectivity index (χ3v) is 1.80. The van der Waals surface area contributed by atoms with Crippen molar-refractivity contribution in [3.05, 3.63) is 35.4 Å². The molecule has 0 N–H and O–H groups in total. The summed E-state index contributed by atoms with van der Waals surface area (Å²) in [6.45, 7) is 1.57. The Morgan fingerprint density at radius 2 is 1.77 bits per heavy atom. The second-order valence-electron chi connectivity index (χ2n) is 3.07. The standard InChI is InChI=1S/C11H12O2/c1-9(13)8-11-4-2-10(3-5-11)6-7-12/h2-5,7H,6,8H2,1H3. The van der Waals surface area contributed by atoms with Gasteiger partial charge in [-0.1, -0.05) is 24.3 Å². The first-order valence-electron chi connectivity index (χ1n) is 4.23. The van der Waals surface area contributed by atoms with Gasteiger partial charge in [0.2, 0.25) is 0 Å². The molecule has 0 fully saturated rings. The van der Waals surface area contributed by atoms with Gasteiger partial charge in [0.05, 0.1) is 0 Å². The van der Waals surface area contributed by atoms with E-state index in [0.29, 0.717) is 12.8 Å². The summed E-state index contributed by atoms with van der Waals surface area (Å²) < 4.78 is 0. The van der Waals surface area contributed by atoms with E-state index in [1.54, 1.807) is 6.92 Å². The molecule has 0 radical (unpaired) electrons. The molecule has 1 aromatic rings. The molecule has 0 aliphatic carbocycles. The van der Waals surface area contributed by atoms with Gasteiger partial charge in [0.1, 0.15) is 12.1 Å². The van der Waals surface area contributed by atoms with Crippen molar-refractivity contribution in [3.63, 3.8) is 0 Å². The maximum absolute atomic E-state index is 10.8. The highest BCUT2D eigenvalue weighted by atomic mass is 16.1. The van der Waals surface area contributed by atoms with Crippen LogP contribution in [-0.4, -0.2) is 12.1 Å². The van der Waals surface area contributed by atoms with Crippen molar-refractivity contribution in [2.24, 2.45) is 0 Å². The van der Waals surface area contributed by atoms with Gasteiger partial charge < -0.3 is 4.79 Å². The van der Waals surface area contributed by atoms with Crippen LogP contribution in [0.4, 0.5) is 0 Å². The minimum absolute atomic E-state index is 0.156. The van der Waals surface area contributed by atoms with Crippen LogP contribution in [0.5, 0.6) is 0 Å². The van der Waals surface area contributed by atoms with Gasteiger partial charge >= 0.3 is 0 Å². The van der Waals surface area contributed by atoms with Gasteiger partial charge in [0.15, 0.2) is 0 Å². The maximum Gasteiger partial charge on any atom is 0.134 e. The molecule has 0 unspecified atom stereocenters. The van der Waals surface area contributed by atoms with E-state index in [1.807, 2.05) is 24.3 Å². The smallest absolute Gasteiger partial charge is 0.134 e. The highest BCUT2D eigenvalue weighted by molar-refractivity contribution is 5.78. The van der Waals surface area contributed by atoms with Gasteiger partial charge in [-0.2, -0.15) is 0 Å². The second kappa shape index (κ2) is 4.55. The third-order valence-electron chi connectivity index (χ3n) is 1.80. The molecule has 0 heterocycles. The number of rotatable bonds is 4. The van der Waals surface area contributed by atoms with Crippen molar-refractivity contribution in [2.45, 2.75) is 19.8 Å². The van der Waals surface area contributed by atoms with E-state index in [9.17, 15) is 9.59 Å². The van der Waals surface area contributed by atoms with E-state index in [1.165, 1.54) is 0 Å². The normalized spacial score (nSPS) is 9.62. The summed E-state index contributed by atoms with van der Waals surface area (Å²) in [7, 11) is 0. The van der Waals surface area contributed by atoms with Gasteiger partial charge in [-0.15, -0.1) is 0 Å². The summed E-state index contributed by atoms with van der Waals surface area (Å²) >= 11 is 0. The molecule has 0 aliphatic rings. The average Bonchev–Trinajstić information content (AvgIpc) is 2.08. The minimum Gasteiger partial charge on any atom is -0.303 e. The lowest BCUT2D eigenvalue weighted by Crippen LogP contribution is -1.96. The van der Waals surface area contributed by atoms with E-state index in [-0.39, 0.29) is 5.78 Å². The van der Waals surface area contributed by atoms with E-state index in [2.05, 4.69) is 0 Å². The number of aldehydes is 1. The Kier molecular flexibility index (Phi) is 3.38. The zero-order valence-corrected chi connectivity index (χ0v) is 7.62. The summed E-state index contributed by atoms with van der Waals surface area (Å²) in [6, 6.07) is 7.54. The van der Waals surface area contributed by atoms with Gasteiger partial charge in [0, 0.05) is 12.8 Å². The third kappa shape index (κ3) is 3.20. The first kappa shape index (κ1) is 9.65. The fraction of sp³-hybridized carbons (Fsp3) is 0.273. The number of carbonyl (C=O) groups is 2. The van der Waals surface area contributed by atoms with Crippen LogP contribution in [0.2, 0.25) is 0 Å². The average molecular weight is 176 g/mol. The second-order valence-corrected chi connectivity index (χ2v) is 3.07. The maximum atomic E-state index is 10.8. The van der Waals surface area contributed by atoms with E-state index in [0.717, 1.165) is 17.4 Å². The Morgan fingerprint density at radius 3 is 2.23 bits per heavy atom. The molecule has 13 heavy (non-hydrogen) atoms. The zero-order chi connectivity index (χ0) is 9.68. The number of hydrogen-bond donors (Lipinski definition) is 0. The van der Waals surface area contributed by atoms with Crippen molar-refractivity contribution in [1.29, 1.82) is 0 Å². The van der Waals surface area contributed by atoms with Gasteiger partial charge in [-0.3, -0.25) is 4.79 Å². The van der Waals surface area contributed by atoms with Crippen LogP contribution in [0.3, 0.4) is 0 Å². The van der Waals surface area contributed by atoms with Crippen LogP contribution in [0, 0.1) is 0 Å². The predicted molar refractivity (Wildman–Crippen MR) is 50.6 cm³/mol. The minimum atomic E-state index is 0.156. The highest BCUT2D eigenvalue weighted by Crippen LogP contribution is 2.05. The fourth-order valence-electron chi connectivity index (χ4n) is 1.18. The van der Waals surface area contributed by atoms with Gasteiger partial charge in [0.25, 0.3) is 0 Å². The van der Waals surface area contributed by atoms with Crippen molar-refractivity contribution in [1.82, 2.24) is 0 Å². The Labute approximate surface area is 77.6 Å². The van der Waals surface area contributed by atoms with E-state index in [4.69, 9.17) is 0 Å². The Hall–Kier alpha value is -1.44. The lowest BCUT2D eigenvalue weighted by atomic mass is 10.1. The highest BCUT2D eigenvalue weighted by Gasteiger charge is 1.97. The van der Waals surface area contributed by atoms with E-state index >= 15 is 0 Å². The van der Waals surface area contributed by atoms with Crippen molar-refractivity contribution in [2.75, 3.05) is 0 Å². The number of carbonyl (C=O) groups excluding carboxylic acids is 2. The largest absolute Gasteiger partial charge is 0.303 e. The Balaban J connectivity index is 2.69. The molecule has 0 saturated heterocycles. The Bertz CT molecular complexity index is 298. The predicted octanol–water partition coefficient (Wildman–Crippen LogP) is 1.56. The summed E-state index contributed by atoms with van der Waals surface area (Å²) in [5, 5.41) is 0. The molecule has 0 aromatic heterocycles. The molecule has 0 atom stereocenters. The van der Waals surface area contributed by atoms with E-state index < -0.39 is 0 Å².